The Kier molecular flexibility index (Phi) is 3.31. The molecular formula is C10H19NO2. The second kappa shape index (κ2) is 4.09. The van der Waals surface area contributed by atoms with Gasteiger partial charge in [-0.2, -0.15) is 0 Å². The van der Waals surface area contributed by atoms with E-state index in [4.69, 9.17) is 0 Å². The lowest BCUT2D eigenvalue weighted by atomic mass is 9.76. The van der Waals surface area contributed by atoms with E-state index in [1.165, 1.54) is 6.42 Å². The van der Waals surface area contributed by atoms with Gasteiger partial charge in [-0.3, -0.25) is 4.79 Å². The van der Waals surface area contributed by atoms with Gasteiger partial charge in [0, 0.05) is 0 Å². The highest BCUT2D eigenvalue weighted by atomic mass is 16.4. The van der Waals surface area contributed by atoms with E-state index in [1.54, 1.807) is 0 Å². The topological polar surface area (TPSA) is 49.3 Å². The number of hydrogen-bond donors (Lipinski definition) is 2. The molecular weight excluding hydrogens is 166 g/mol. The van der Waals surface area contributed by atoms with Crippen molar-refractivity contribution in [2.24, 2.45) is 5.92 Å². The van der Waals surface area contributed by atoms with Crippen LogP contribution in [0.25, 0.3) is 0 Å². The van der Waals surface area contributed by atoms with Crippen molar-refractivity contribution < 1.29 is 9.90 Å². The van der Waals surface area contributed by atoms with E-state index in [0.717, 1.165) is 25.8 Å². The minimum absolute atomic E-state index is 0.531. The van der Waals surface area contributed by atoms with Gasteiger partial charge in [0.1, 0.15) is 5.54 Å². The second-order valence-corrected chi connectivity index (χ2v) is 4.12. The standard InChI is InChI=1S/C10H19NO2/c1-3-11-10(9(12)13)6-4-5-8(2)7-10/h8,11H,3-7H2,1-2H3,(H,12,13). The summed E-state index contributed by atoms with van der Waals surface area (Å²) in [5, 5.41) is 12.3. The van der Waals surface area contributed by atoms with Crippen LogP contribution in [0.4, 0.5) is 0 Å². The van der Waals surface area contributed by atoms with Crippen molar-refractivity contribution >= 4 is 5.97 Å². The largest absolute Gasteiger partial charge is 0.480 e. The number of rotatable bonds is 3. The predicted octanol–water partition coefficient (Wildman–Crippen LogP) is 1.63. The molecule has 0 bridgehead atoms. The first-order valence-corrected chi connectivity index (χ1v) is 5.09. The van der Waals surface area contributed by atoms with E-state index in [-0.39, 0.29) is 0 Å². The molecule has 0 spiro atoms. The van der Waals surface area contributed by atoms with E-state index >= 15 is 0 Å². The molecule has 1 aliphatic rings. The van der Waals surface area contributed by atoms with E-state index in [0.29, 0.717) is 5.92 Å². The molecule has 0 heterocycles. The van der Waals surface area contributed by atoms with Crippen LogP contribution in [-0.4, -0.2) is 23.2 Å². The lowest BCUT2D eigenvalue weighted by molar-refractivity contribution is -0.147. The summed E-state index contributed by atoms with van der Waals surface area (Å²) in [5.74, 6) is -0.148. The molecule has 13 heavy (non-hydrogen) atoms. The molecule has 76 valence electrons. The van der Waals surface area contributed by atoms with Crippen LogP contribution in [0.5, 0.6) is 0 Å². The first-order valence-electron chi connectivity index (χ1n) is 5.09. The average Bonchev–Trinajstić information content (AvgIpc) is 2.04. The van der Waals surface area contributed by atoms with E-state index in [2.05, 4.69) is 12.2 Å². The van der Waals surface area contributed by atoms with Crippen LogP contribution in [0, 0.1) is 5.92 Å². The number of carboxylic acids is 1. The molecule has 0 aromatic rings. The van der Waals surface area contributed by atoms with Gasteiger partial charge in [0.25, 0.3) is 0 Å². The zero-order chi connectivity index (χ0) is 9.90. The average molecular weight is 185 g/mol. The molecule has 2 N–H and O–H groups in total. The first kappa shape index (κ1) is 10.5. The van der Waals surface area contributed by atoms with Crippen molar-refractivity contribution in [1.29, 1.82) is 0 Å². The van der Waals surface area contributed by atoms with Gasteiger partial charge in [-0.25, -0.2) is 0 Å². The molecule has 0 aromatic heterocycles. The minimum Gasteiger partial charge on any atom is -0.480 e. The van der Waals surface area contributed by atoms with E-state index in [1.807, 2.05) is 6.92 Å². The highest BCUT2D eigenvalue weighted by molar-refractivity contribution is 5.78. The zero-order valence-electron chi connectivity index (χ0n) is 8.47. The SMILES string of the molecule is CCNC1(C(=O)O)CCCC(C)C1. The molecule has 0 aromatic carbocycles. The maximum absolute atomic E-state index is 11.1. The summed E-state index contributed by atoms with van der Waals surface area (Å²) in [7, 11) is 0. The number of aliphatic carboxylic acids is 1. The fourth-order valence-electron chi connectivity index (χ4n) is 2.32. The Balaban J connectivity index is 2.70. The van der Waals surface area contributed by atoms with Crippen LogP contribution in [0.15, 0.2) is 0 Å². The van der Waals surface area contributed by atoms with Crippen LogP contribution in [0.1, 0.15) is 39.5 Å². The summed E-state index contributed by atoms with van der Waals surface area (Å²) in [6.45, 7) is 4.83. The van der Waals surface area contributed by atoms with Gasteiger partial charge in [-0.05, 0) is 25.3 Å². The normalized spacial score (nSPS) is 34.5. The van der Waals surface area contributed by atoms with Crippen molar-refractivity contribution in [3.8, 4) is 0 Å². The Hall–Kier alpha value is -0.570. The van der Waals surface area contributed by atoms with Gasteiger partial charge in [0.2, 0.25) is 0 Å². The van der Waals surface area contributed by atoms with Crippen LogP contribution in [-0.2, 0) is 4.79 Å². The smallest absolute Gasteiger partial charge is 0.323 e. The summed E-state index contributed by atoms with van der Waals surface area (Å²) >= 11 is 0. The van der Waals surface area contributed by atoms with E-state index < -0.39 is 11.5 Å². The van der Waals surface area contributed by atoms with Gasteiger partial charge in [-0.1, -0.05) is 26.7 Å². The Labute approximate surface area is 79.5 Å². The molecule has 3 nitrogen and oxygen atoms in total. The summed E-state index contributed by atoms with van der Waals surface area (Å²) in [6, 6.07) is 0. The van der Waals surface area contributed by atoms with Gasteiger partial charge >= 0.3 is 5.97 Å². The second-order valence-electron chi connectivity index (χ2n) is 4.12. The van der Waals surface area contributed by atoms with Crippen LogP contribution in [0.3, 0.4) is 0 Å². The van der Waals surface area contributed by atoms with Crippen molar-refractivity contribution in [1.82, 2.24) is 5.32 Å². The highest BCUT2D eigenvalue weighted by Gasteiger charge is 2.40. The number of likely N-dealkylation sites (N-methyl/N-ethyl adjacent to an activating group) is 1. The van der Waals surface area contributed by atoms with Gasteiger partial charge < -0.3 is 10.4 Å². The number of hydrogen-bond acceptors (Lipinski definition) is 2. The maximum Gasteiger partial charge on any atom is 0.323 e. The van der Waals surface area contributed by atoms with Gasteiger partial charge in [0.05, 0.1) is 0 Å². The molecule has 1 fully saturated rings. The third-order valence-electron chi connectivity index (χ3n) is 2.92. The van der Waals surface area contributed by atoms with Crippen molar-refractivity contribution in [2.75, 3.05) is 6.54 Å². The molecule has 3 heteroatoms. The zero-order valence-corrected chi connectivity index (χ0v) is 8.47. The Morgan fingerprint density at radius 1 is 1.69 bits per heavy atom. The number of nitrogens with one attached hydrogen (secondary N) is 1. The molecule has 1 aliphatic carbocycles. The lowest BCUT2D eigenvalue weighted by Gasteiger charge is -2.37. The fraction of sp³-hybridized carbons (Fsp3) is 0.900. The molecule has 0 saturated heterocycles. The first-order chi connectivity index (χ1) is 6.10. The minimum atomic E-state index is -0.680. The predicted molar refractivity (Wildman–Crippen MR) is 51.7 cm³/mol. The third kappa shape index (κ3) is 2.21. The Morgan fingerprint density at radius 3 is 2.85 bits per heavy atom. The third-order valence-corrected chi connectivity index (χ3v) is 2.92. The Bertz CT molecular complexity index is 189. The molecule has 0 aliphatic heterocycles. The number of carbonyl (C=O) groups is 1. The quantitative estimate of drug-likeness (QED) is 0.702. The van der Waals surface area contributed by atoms with Crippen LogP contribution in [0.2, 0.25) is 0 Å². The van der Waals surface area contributed by atoms with Crippen LogP contribution < -0.4 is 5.32 Å². The van der Waals surface area contributed by atoms with E-state index in [9.17, 15) is 9.90 Å². The van der Waals surface area contributed by atoms with Gasteiger partial charge in [0.15, 0.2) is 0 Å². The highest BCUT2D eigenvalue weighted by Crippen LogP contribution is 2.32. The molecule has 1 saturated carbocycles. The summed E-state index contributed by atoms with van der Waals surface area (Å²) in [4.78, 5) is 11.1. The lowest BCUT2D eigenvalue weighted by Crippen LogP contribution is -2.54. The molecule has 0 amide bonds. The molecule has 0 radical (unpaired) electrons. The fourth-order valence-corrected chi connectivity index (χ4v) is 2.32. The van der Waals surface area contributed by atoms with Crippen molar-refractivity contribution in [3.63, 3.8) is 0 Å². The summed E-state index contributed by atoms with van der Waals surface area (Å²) < 4.78 is 0. The van der Waals surface area contributed by atoms with Gasteiger partial charge in [-0.15, -0.1) is 0 Å². The molecule has 2 unspecified atom stereocenters. The van der Waals surface area contributed by atoms with Crippen LogP contribution >= 0.6 is 0 Å². The van der Waals surface area contributed by atoms with Crippen molar-refractivity contribution in [2.45, 2.75) is 45.1 Å². The Morgan fingerprint density at radius 2 is 2.38 bits per heavy atom. The summed E-state index contributed by atoms with van der Waals surface area (Å²) in [6.07, 6.45) is 3.75. The molecule has 2 atom stereocenters. The summed E-state index contributed by atoms with van der Waals surface area (Å²) in [5.41, 5.74) is -0.633. The number of carboxylic acid groups (broad SMARTS) is 1. The monoisotopic (exact) mass is 185 g/mol. The molecule has 1 rings (SSSR count). The van der Waals surface area contributed by atoms with Crippen molar-refractivity contribution in [3.05, 3.63) is 0 Å². The maximum atomic E-state index is 11.1.